The number of hydrogen-bond acceptors (Lipinski definition) is 7. The minimum absolute atomic E-state index is 0.0108. The van der Waals surface area contributed by atoms with E-state index < -0.39 is 11.7 Å². The fourth-order valence-electron chi connectivity index (χ4n) is 2.93. The molecule has 0 aliphatic rings. The number of ether oxygens (including phenoxy) is 2. The van der Waals surface area contributed by atoms with Crippen LogP contribution in [0, 0.1) is 0 Å². The first-order chi connectivity index (χ1) is 13.2. The number of amides is 1. The van der Waals surface area contributed by atoms with E-state index in [2.05, 4.69) is 15.3 Å². The first-order valence-corrected chi connectivity index (χ1v) is 8.87. The van der Waals surface area contributed by atoms with Crippen molar-refractivity contribution in [1.29, 1.82) is 0 Å². The number of anilines is 2. The first-order valence-electron chi connectivity index (χ1n) is 8.87. The van der Waals surface area contributed by atoms with Crippen LogP contribution < -0.4 is 11.1 Å². The Morgan fingerprint density at radius 2 is 2.00 bits per heavy atom. The maximum absolute atomic E-state index is 12.1. The Kier molecular flexibility index (Phi) is 5.08. The Balaban J connectivity index is 2.06. The number of benzene rings is 1. The second-order valence-electron chi connectivity index (χ2n) is 7.21. The zero-order chi connectivity index (χ0) is 20.5. The molecule has 0 saturated heterocycles. The van der Waals surface area contributed by atoms with Crippen LogP contribution >= 0.6 is 0 Å². The molecule has 2 heterocycles. The molecule has 0 fully saturated rings. The topological polar surface area (TPSA) is 121 Å². The third-order valence-corrected chi connectivity index (χ3v) is 3.91. The number of nitrogens with one attached hydrogen (secondary N) is 1. The number of carbonyl (C=O) groups is 2. The number of esters is 1. The normalized spacial score (nSPS) is 11.6. The number of fused-ring (bicyclic) bond motifs is 3. The molecular formula is C19H23N5O4. The van der Waals surface area contributed by atoms with Crippen LogP contribution in [0.5, 0.6) is 0 Å². The van der Waals surface area contributed by atoms with Crippen LogP contribution in [0.4, 0.5) is 16.3 Å². The third-order valence-electron chi connectivity index (χ3n) is 3.91. The van der Waals surface area contributed by atoms with Gasteiger partial charge in [-0.25, -0.2) is 14.8 Å². The number of nitrogens with zero attached hydrogens (tertiary/aromatic N) is 3. The van der Waals surface area contributed by atoms with Crippen molar-refractivity contribution in [2.24, 2.45) is 0 Å². The van der Waals surface area contributed by atoms with Crippen LogP contribution in [0.25, 0.3) is 21.9 Å². The molecule has 0 aliphatic heterocycles. The van der Waals surface area contributed by atoms with Gasteiger partial charge in [0, 0.05) is 11.1 Å². The molecule has 0 radical (unpaired) electrons. The highest BCUT2D eigenvalue weighted by Gasteiger charge is 2.19. The predicted octanol–water partition coefficient (Wildman–Crippen LogP) is 3.08. The SMILES string of the molecule is CCOC(=O)Cn1c2ccc(NC(=O)OC(C)(C)C)cc2c2c(N)ncnc21. The summed E-state index contributed by atoms with van der Waals surface area (Å²) in [6.07, 6.45) is 0.782. The van der Waals surface area contributed by atoms with Gasteiger partial charge in [-0.15, -0.1) is 0 Å². The van der Waals surface area contributed by atoms with Gasteiger partial charge in [0.05, 0.1) is 17.5 Å². The molecule has 148 valence electrons. The van der Waals surface area contributed by atoms with E-state index in [1.165, 1.54) is 6.33 Å². The predicted molar refractivity (Wildman–Crippen MR) is 106 cm³/mol. The molecule has 3 N–H and O–H groups in total. The summed E-state index contributed by atoms with van der Waals surface area (Å²) in [6.45, 7) is 7.39. The lowest BCUT2D eigenvalue weighted by Crippen LogP contribution is -2.27. The van der Waals surface area contributed by atoms with E-state index in [1.807, 2.05) is 0 Å². The molecule has 3 aromatic rings. The van der Waals surface area contributed by atoms with Crippen LogP contribution in [-0.4, -0.2) is 38.8 Å². The number of nitrogen functional groups attached to an aromatic ring is 1. The van der Waals surface area contributed by atoms with E-state index in [-0.39, 0.29) is 24.9 Å². The van der Waals surface area contributed by atoms with Crippen LogP contribution in [0.3, 0.4) is 0 Å². The fourth-order valence-corrected chi connectivity index (χ4v) is 2.93. The number of rotatable bonds is 4. The molecule has 0 atom stereocenters. The van der Waals surface area contributed by atoms with Crippen molar-refractivity contribution in [1.82, 2.24) is 14.5 Å². The van der Waals surface area contributed by atoms with Crippen LogP contribution in [0.15, 0.2) is 24.5 Å². The summed E-state index contributed by atoms with van der Waals surface area (Å²) in [6, 6.07) is 5.25. The number of aromatic nitrogens is 3. The quantitative estimate of drug-likeness (QED) is 0.662. The largest absolute Gasteiger partial charge is 0.465 e. The summed E-state index contributed by atoms with van der Waals surface area (Å²) in [7, 11) is 0. The molecular weight excluding hydrogens is 362 g/mol. The number of nitrogens with two attached hydrogens (primary N) is 1. The van der Waals surface area contributed by atoms with E-state index in [0.717, 1.165) is 5.52 Å². The van der Waals surface area contributed by atoms with Crippen molar-refractivity contribution in [3.63, 3.8) is 0 Å². The molecule has 2 aromatic heterocycles. The van der Waals surface area contributed by atoms with Crippen molar-refractivity contribution in [3.8, 4) is 0 Å². The number of carbonyl (C=O) groups excluding carboxylic acids is 2. The van der Waals surface area contributed by atoms with Gasteiger partial charge in [0.15, 0.2) is 0 Å². The molecule has 28 heavy (non-hydrogen) atoms. The highest BCUT2D eigenvalue weighted by molar-refractivity contribution is 6.13. The van der Waals surface area contributed by atoms with Gasteiger partial charge in [0.2, 0.25) is 0 Å². The van der Waals surface area contributed by atoms with Crippen LogP contribution in [0.2, 0.25) is 0 Å². The van der Waals surface area contributed by atoms with E-state index in [0.29, 0.717) is 22.1 Å². The van der Waals surface area contributed by atoms with E-state index >= 15 is 0 Å². The molecule has 0 saturated carbocycles. The van der Waals surface area contributed by atoms with Crippen molar-refractivity contribution >= 4 is 45.5 Å². The Morgan fingerprint density at radius 1 is 1.25 bits per heavy atom. The molecule has 9 nitrogen and oxygen atoms in total. The molecule has 1 amide bonds. The number of hydrogen-bond donors (Lipinski definition) is 2. The first kappa shape index (κ1) is 19.4. The average Bonchev–Trinajstić information content (AvgIpc) is 2.88. The van der Waals surface area contributed by atoms with Crippen LogP contribution in [-0.2, 0) is 20.8 Å². The maximum Gasteiger partial charge on any atom is 0.412 e. The highest BCUT2D eigenvalue weighted by Crippen LogP contribution is 2.32. The molecule has 3 rings (SSSR count). The third kappa shape index (κ3) is 3.98. The van der Waals surface area contributed by atoms with Crippen molar-refractivity contribution in [2.75, 3.05) is 17.7 Å². The Morgan fingerprint density at radius 3 is 2.68 bits per heavy atom. The van der Waals surface area contributed by atoms with Crippen LogP contribution in [0.1, 0.15) is 27.7 Å². The summed E-state index contributed by atoms with van der Waals surface area (Å²) in [5.74, 6) is -0.0959. The Labute approximate surface area is 161 Å². The van der Waals surface area contributed by atoms with Gasteiger partial charge in [0.25, 0.3) is 0 Å². The minimum atomic E-state index is -0.609. The summed E-state index contributed by atoms with van der Waals surface area (Å²) in [5, 5.41) is 4.02. The summed E-state index contributed by atoms with van der Waals surface area (Å²) in [4.78, 5) is 32.4. The summed E-state index contributed by atoms with van der Waals surface area (Å²) >= 11 is 0. The molecule has 0 bridgehead atoms. The summed E-state index contributed by atoms with van der Waals surface area (Å²) < 4.78 is 12.1. The molecule has 0 unspecified atom stereocenters. The lowest BCUT2D eigenvalue weighted by Gasteiger charge is -2.19. The van der Waals surface area contributed by atoms with Gasteiger partial charge >= 0.3 is 12.1 Å². The fraction of sp³-hybridized carbons (Fsp3) is 0.368. The van der Waals surface area contributed by atoms with E-state index in [4.69, 9.17) is 15.2 Å². The Hall–Kier alpha value is -3.36. The molecule has 0 aliphatic carbocycles. The molecule has 1 aromatic carbocycles. The maximum atomic E-state index is 12.1. The van der Waals surface area contributed by atoms with Crippen molar-refractivity contribution < 1.29 is 19.1 Å². The monoisotopic (exact) mass is 385 g/mol. The van der Waals surface area contributed by atoms with Gasteiger partial charge in [-0.3, -0.25) is 10.1 Å². The van der Waals surface area contributed by atoms with Gasteiger partial charge in [-0.05, 0) is 45.9 Å². The van der Waals surface area contributed by atoms with Gasteiger partial charge < -0.3 is 19.8 Å². The Bertz CT molecular complexity index is 1050. The minimum Gasteiger partial charge on any atom is -0.465 e. The van der Waals surface area contributed by atoms with Gasteiger partial charge in [0.1, 0.15) is 29.9 Å². The lowest BCUT2D eigenvalue weighted by atomic mass is 10.2. The zero-order valence-corrected chi connectivity index (χ0v) is 16.3. The van der Waals surface area contributed by atoms with Gasteiger partial charge in [-0.1, -0.05) is 0 Å². The second kappa shape index (κ2) is 7.34. The highest BCUT2D eigenvalue weighted by atomic mass is 16.6. The van der Waals surface area contributed by atoms with Gasteiger partial charge in [-0.2, -0.15) is 0 Å². The molecule has 9 heteroatoms. The standard InChI is InChI=1S/C19H23N5O4/c1-5-27-14(25)9-24-13-7-6-11(23-18(26)28-19(2,3)4)8-12(13)15-16(20)21-10-22-17(15)24/h6-8,10H,5,9H2,1-4H3,(H,23,26)(H2,20,21,22). The summed E-state index contributed by atoms with van der Waals surface area (Å²) in [5.41, 5.74) is 7.23. The second-order valence-corrected chi connectivity index (χ2v) is 7.21. The smallest absolute Gasteiger partial charge is 0.412 e. The zero-order valence-electron chi connectivity index (χ0n) is 16.3. The van der Waals surface area contributed by atoms with E-state index in [9.17, 15) is 9.59 Å². The van der Waals surface area contributed by atoms with E-state index in [1.54, 1.807) is 50.5 Å². The molecule has 0 spiro atoms. The lowest BCUT2D eigenvalue weighted by molar-refractivity contribution is -0.143. The average molecular weight is 385 g/mol. The van der Waals surface area contributed by atoms with Crippen molar-refractivity contribution in [2.45, 2.75) is 39.8 Å². The van der Waals surface area contributed by atoms with Crippen molar-refractivity contribution in [3.05, 3.63) is 24.5 Å².